The van der Waals surface area contributed by atoms with Gasteiger partial charge in [-0.3, -0.25) is 9.10 Å². The fraction of sp³-hybridized carbons (Fsp3) is 0.350. The molecule has 0 radical (unpaired) electrons. The fourth-order valence-electron chi connectivity index (χ4n) is 3.40. The van der Waals surface area contributed by atoms with Gasteiger partial charge in [-0.15, -0.1) is 0 Å². The average Bonchev–Trinajstić information content (AvgIpc) is 3.03. The van der Waals surface area contributed by atoms with E-state index in [-0.39, 0.29) is 17.7 Å². The van der Waals surface area contributed by atoms with Crippen molar-refractivity contribution >= 4 is 27.3 Å². The highest BCUT2D eigenvalue weighted by molar-refractivity contribution is 7.92. The molecule has 0 bridgehead atoms. The van der Waals surface area contributed by atoms with Crippen LogP contribution in [0.15, 0.2) is 36.4 Å². The molecule has 1 amide bonds. The van der Waals surface area contributed by atoms with Crippen LogP contribution in [0.4, 0.5) is 11.4 Å². The van der Waals surface area contributed by atoms with Crippen LogP contribution in [-0.2, 0) is 16.4 Å². The highest BCUT2D eigenvalue weighted by Gasteiger charge is 2.34. The molecule has 0 aliphatic carbocycles. The van der Waals surface area contributed by atoms with E-state index in [1.807, 2.05) is 6.92 Å². The number of ether oxygens (including phenoxy) is 2. The van der Waals surface area contributed by atoms with Crippen LogP contribution in [0, 0.1) is 0 Å². The molecule has 150 valence electrons. The molecular weight excluding hydrogens is 380 g/mol. The van der Waals surface area contributed by atoms with E-state index in [1.165, 1.54) is 11.4 Å². The first-order valence-electron chi connectivity index (χ1n) is 8.99. The summed E-state index contributed by atoms with van der Waals surface area (Å²) in [7, 11) is -0.279. The predicted molar refractivity (Wildman–Crippen MR) is 109 cm³/mol. The lowest BCUT2D eigenvalue weighted by molar-refractivity contribution is 0.102. The van der Waals surface area contributed by atoms with Crippen molar-refractivity contribution in [1.29, 1.82) is 0 Å². The highest BCUT2D eigenvalue weighted by Crippen LogP contribution is 2.36. The van der Waals surface area contributed by atoms with Crippen molar-refractivity contribution in [3.8, 4) is 11.5 Å². The van der Waals surface area contributed by atoms with Gasteiger partial charge in [0.15, 0.2) is 0 Å². The van der Waals surface area contributed by atoms with E-state index < -0.39 is 10.0 Å². The summed E-state index contributed by atoms with van der Waals surface area (Å²) in [4.78, 5) is 12.7. The molecule has 3 rings (SSSR count). The van der Waals surface area contributed by atoms with Gasteiger partial charge in [-0.2, -0.15) is 0 Å². The van der Waals surface area contributed by atoms with Gasteiger partial charge in [-0.1, -0.05) is 0 Å². The Kier molecular flexibility index (Phi) is 5.51. The summed E-state index contributed by atoms with van der Waals surface area (Å²) < 4.78 is 36.7. The minimum atomic E-state index is -3.35. The Morgan fingerprint density at radius 3 is 2.57 bits per heavy atom. The molecule has 2 aromatic rings. The molecule has 1 atom stereocenters. The quantitative estimate of drug-likeness (QED) is 0.800. The van der Waals surface area contributed by atoms with Gasteiger partial charge in [0.2, 0.25) is 10.0 Å². The number of nitrogens with one attached hydrogen (secondary N) is 1. The molecule has 0 unspecified atom stereocenters. The first-order chi connectivity index (χ1) is 13.3. The standard InChI is InChI=1S/C20H24N2O5S/c1-5-28(24,25)22-13(2)10-15-11-14(6-9-18(15)22)20(23)21-17-8-7-16(26-3)12-19(17)27-4/h6-9,11-13H,5,10H2,1-4H3,(H,21,23)/t13-/m0/s1. The number of amides is 1. The fourth-order valence-corrected chi connectivity index (χ4v) is 4.78. The third-order valence-electron chi connectivity index (χ3n) is 4.82. The van der Waals surface area contributed by atoms with Gasteiger partial charge in [-0.25, -0.2) is 8.42 Å². The minimum Gasteiger partial charge on any atom is -0.497 e. The Labute approximate surface area is 165 Å². The molecule has 0 fully saturated rings. The Morgan fingerprint density at radius 2 is 1.93 bits per heavy atom. The van der Waals surface area contributed by atoms with Gasteiger partial charge in [0.05, 0.1) is 31.3 Å². The Bertz CT molecular complexity index is 1000. The minimum absolute atomic E-state index is 0.0380. The molecule has 1 heterocycles. The predicted octanol–water partition coefficient (Wildman–Crippen LogP) is 3.06. The third-order valence-corrected chi connectivity index (χ3v) is 6.70. The van der Waals surface area contributed by atoms with E-state index in [0.29, 0.717) is 34.9 Å². The molecule has 2 aromatic carbocycles. The van der Waals surface area contributed by atoms with Gasteiger partial charge < -0.3 is 14.8 Å². The van der Waals surface area contributed by atoms with Crippen LogP contribution in [-0.4, -0.2) is 40.3 Å². The largest absolute Gasteiger partial charge is 0.497 e. The zero-order valence-corrected chi connectivity index (χ0v) is 17.2. The van der Waals surface area contributed by atoms with Gasteiger partial charge in [0, 0.05) is 17.7 Å². The molecule has 7 nitrogen and oxygen atoms in total. The maximum absolute atomic E-state index is 12.7. The number of rotatable bonds is 6. The first-order valence-corrected chi connectivity index (χ1v) is 10.6. The first kappa shape index (κ1) is 20.0. The zero-order valence-electron chi connectivity index (χ0n) is 16.4. The summed E-state index contributed by atoms with van der Waals surface area (Å²) in [5.41, 5.74) is 2.48. The zero-order chi connectivity index (χ0) is 20.5. The average molecular weight is 404 g/mol. The summed E-state index contributed by atoms with van der Waals surface area (Å²) in [5.74, 6) is 0.855. The molecule has 1 N–H and O–H groups in total. The van der Waals surface area contributed by atoms with Crippen LogP contribution in [0.25, 0.3) is 0 Å². The van der Waals surface area contributed by atoms with Crippen molar-refractivity contribution in [3.05, 3.63) is 47.5 Å². The van der Waals surface area contributed by atoms with Crippen molar-refractivity contribution in [2.75, 3.05) is 29.6 Å². The van der Waals surface area contributed by atoms with Crippen LogP contribution in [0.2, 0.25) is 0 Å². The molecule has 0 aromatic heterocycles. The van der Waals surface area contributed by atoms with Crippen LogP contribution in [0.1, 0.15) is 29.8 Å². The van der Waals surface area contributed by atoms with E-state index in [1.54, 1.807) is 50.4 Å². The van der Waals surface area contributed by atoms with Crippen molar-refractivity contribution < 1.29 is 22.7 Å². The van der Waals surface area contributed by atoms with Crippen molar-refractivity contribution in [2.24, 2.45) is 0 Å². The van der Waals surface area contributed by atoms with E-state index >= 15 is 0 Å². The molecule has 28 heavy (non-hydrogen) atoms. The third kappa shape index (κ3) is 3.64. The van der Waals surface area contributed by atoms with Crippen molar-refractivity contribution in [3.63, 3.8) is 0 Å². The number of carbonyl (C=O) groups excluding carboxylic acids is 1. The number of methoxy groups -OCH3 is 2. The summed E-state index contributed by atoms with van der Waals surface area (Å²) in [6.07, 6.45) is 0.571. The normalized spacial score (nSPS) is 15.9. The van der Waals surface area contributed by atoms with Gasteiger partial charge >= 0.3 is 0 Å². The monoisotopic (exact) mass is 404 g/mol. The van der Waals surface area contributed by atoms with Crippen LogP contribution < -0.4 is 19.1 Å². The van der Waals surface area contributed by atoms with Crippen molar-refractivity contribution in [1.82, 2.24) is 0 Å². The molecule has 1 aliphatic rings. The number of sulfonamides is 1. The number of fused-ring (bicyclic) bond motifs is 1. The Hall–Kier alpha value is -2.74. The molecular formula is C20H24N2O5S. The summed E-state index contributed by atoms with van der Waals surface area (Å²) in [5, 5.41) is 2.83. The topological polar surface area (TPSA) is 84.9 Å². The molecule has 0 spiro atoms. The lowest BCUT2D eigenvalue weighted by Gasteiger charge is -2.23. The second-order valence-electron chi connectivity index (χ2n) is 6.61. The second-order valence-corrected chi connectivity index (χ2v) is 8.75. The van der Waals surface area contributed by atoms with Gasteiger partial charge in [-0.05, 0) is 56.2 Å². The van der Waals surface area contributed by atoms with E-state index in [0.717, 1.165) is 5.56 Å². The maximum atomic E-state index is 12.7. The lowest BCUT2D eigenvalue weighted by atomic mass is 10.1. The lowest BCUT2D eigenvalue weighted by Crippen LogP contribution is -2.36. The SMILES string of the molecule is CCS(=O)(=O)N1c2ccc(C(=O)Nc3ccc(OC)cc3OC)cc2C[C@@H]1C. The number of hydrogen-bond donors (Lipinski definition) is 1. The Balaban J connectivity index is 1.87. The number of anilines is 2. The summed E-state index contributed by atoms with van der Waals surface area (Å²) in [6.45, 7) is 3.50. The number of carbonyl (C=O) groups is 1. The highest BCUT2D eigenvalue weighted by atomic mass is 32.2. The second kappa shape index (κ2) is 7.71. The van der Waals surface area contributed by atoms with E-state index in [9.17, 15) is 13.2 Å². The molecule has 8 heteroatoms. The van der Waals surface area contributed by atoms with Crippen molar-refractivity contribution in [2.45, 2.75) is 26.3 Å². The number of hydrogen-bond acceptors (Lipinski definition) is 5. The van der Waals surface area contributed by atoms with Gasteiger partial charge in [0.1, 0.15) is 11.5 Å². The van der Waals surface area contributed by atoms with Crippen LogP contribution in [0.3, 0.4) is 0 Å². The molecule has 0 saturated heterocycles. The number of nitrogens with zero attached hydrogens (tertiary/aromatic N) is 1. The smallest absolute Gasteiger partial charge is 0.255 e. The summed E-state index contributed by atoms with van der Waals surface area (Å²) in [6, 6.07) is 10.1. The van der Waals surface area contributed by atoms with E-state index in [4.69, 9.17) is 9.47 Å². The van der Waals surface area contributed by atoms with E-state index in [2.05, 4.69) is 5.32 Å². The number of benzene rings is 2. The molecule has 1 aliphatic heterocycles. The van der Waals surface area contributed by atoms with Gasteiger partial charge in [0.25, 0.3) is 5.91 Å². The Morgan fingerprint density at radius 1 is 1.18 bits per heavy atom. The van der Waals surface area contributed by atoms with Crippen LogP contribution in [0.5, 0.6) is 11.5 Å². The molecule has 0 saturated carbocycles. The van der Waals surface area contributed by atoms with Crippen LogP contribution >= 0.6 is 0 Å². The maximum Gasteiger partial charge on any atom is 0.255 e. The summed E-state index contributed by atoms with van der Waals surface area (Å²) >= 11 is 0.